The summed E-state index contributed by atoms with van der Waals surface area (Å²) in [4.78, 5) is 38.8. The molecule has 0 saturated heterocycles. The maximum atomic E-state index is 12.9. The molecule has 8 heteroatoms. The van der Waals surface area contributed by atoms with Crippen molar-refractivity contribution in [1.29, 1.82) is 0 Å². The number of aryl methyl sites for hydroxylation is 1. The van der Waals surface area contributed by atoms with Crippen LogP contribution in [0.25, 0.3) is 0 Å². The van der Waals surface area contributed by atoms with Gasteiger partial charge in [0.15, 0.2) is 6.10 Å². The number of carbonyl (C=O) groups excluding carboxylic acids is 3. The first-order chi connectivity index (χ1) is 16.8. The van der Waals surface area contributed by atoms with Gasteiger partial charge in [-0.15, -0.1) is 11.8 Å². The van der Waals surface area contributed by atoms with Gasteiger partial charge < -0.3 is 19.5 Å². The van der Waals surface area contributed by atoms with Gasteiger partial charge in [0.25, 0.3) is 0 Å². The molecule has 35 heavy (non-hydrogen) atoms. The maximum Gasteiger partial charge on any atom is 0.339 e. The second-order valence-electron chi connectivity index (χ2n) is 7.68. The molecule has 0 bridgehead atoms. The number of amides is 1. The Morgan fingerprint density at radius 1 is 0.914 bits per heavy atom. The van der Waals surface area contributed by atoms with Crippen molar-refractivity contribution in [2.45, 2.75) is 24.8 Å². The summed E-state index contributed by atoms with van der Waals surface area (Å²) in [6.45, 7) is 3.48. The van der Waals surface area contributed by atoms with Crippen LogP contribution in [-0.2, 0) is 9.53 Å². The molecule has 3 aromatic rings. The smallest absolute Gasteiger partial charge is 0.339 e. The number of rotatable bonds is 10. The van der Waals surface area contributed by atoms with Gasteiger partial charge in [-0.2, -0.15) is 0 Å². The summed E-state index contributed by atoms with van der Waals surface area (Å²) >= 11 is 1.22. The molecule has 0 fully saturated rings. The molecule has 0 aromatic heterocycles. The summed E-state index contributed by atoms with van der Waals surface area (Å²) < 4.78 is 15.9. The number of hydrogen-bond donors (Lipinski definition) is 1. The number of nitrogens with one attached hydrogen (secondary N) is 1. The summed E-state index contributed by atoms with van der Waals surface area (Å²) in [5.41, 5.74) is 2.36. The highest BCUT2D eigenvalue weighted by Crippen LogP contribution is 2.27. The van der Waals surface area contributed by atoms with Gasteiger partial charge in [-0.05, 0) is 50.2 Å². The standard InChI is InChI=1S/C27H27NO6S/c1-17-9-11-19(12-10-17)28-25(29)16-35-24-8-6-5-7-22(24)27(31)34-18(2)26(30)21-14-13-20(32-3)15-23(21)33-4/h5-15,18H,16H2,1-4H3,(H,28,29)/t18-/m0/s1. The van der Waals surface area contributed by atoms with E-state index in [2.05, 4.69) is 5.32 Å². The van der Waals surface area contributed by atoms with Crippen LogP contribution >= 0.6 is 11.8 Å². The van der Waals surface area contributed by atoms with Gasteiger partial charge in [-0.1, -0.05) is 29.8 Å². The maximum absolute atomic E-state index is 12.9. The van der Waals surface area contributed by atoms with E-state index < -0.39 is 17.9 Å². The minimum Gasteiger partial charge on any atom is -0.497 e. The van der Waals surface area contributed by atoms with Crippen molar-refractivity contribution in [3.63, 3.8) is 0 Å². The first-order valence-corrected chi connectivity index (χ1v) is 11.9. The van der Waals surface area contributed by atoms with Crippen molar-refractivity contribution in [2.75, 3.05) is 25.3 Å². The van der Waals surface area contributed by atoms with Crippen molar-refractivity contribution in [3.05, 3.63) is 83.4 Å². The van der Waals surface area contributed by atoms with E-state index >= 15 is 0 Å². The van der Waals surface area contributed by atoms with E-state index in [1.165, 1.54) is 32.9 Å². The fourth-order valence-corrected chi connectivity index (χ4v) is 4.08. The number of ether oxygens (including phenoxy) is 3. The topological polar surface area (TPSA) is 90.9 Å². The Hall–Kier alpha value is -3.78. The lowest BCUT2D eigenvalue weighted by Gasteiger charge is -2.16. The Bertz CT molecular complexity index is 1210. The number of anilines is 1. The molecule has 1 atom stereocenters. The molecule has 3 aromatic carbocycles. The highest BCUT2D eigenvalue weighted by molar-refractivity contribution is 8.00. The molecule has 182 valence electrons. The highest BCUT2D eigenvalue weighted by atomic mass is 32.2. The summed E-state index contributed by atoms with van der Waals surface area (Å²) in [6, 6.07) is 19.1. The predicted molar refractivity (Wildman–Crippen MR) is 136 cm³/mol. The average molecular weight is 494 g/mol. The molecule has 0 unspecified atom stereocenters. The van der Waals surface area contributed by atoms with Gasteiger partial charge >= 0.3 is 5.97 Å². The third-order valence-electron chi connectivity index (χ3n) is 5.13. The molecule has 3 rings (SSSR count). The monoisotopic (exact) mass is 493 g/mol. The molecule has 0 saturated carbocycles. The van der Waals surface area contributed by atoms with Gasteiger partial charge in [-0.25, -0.2) is 4.79 Å². The molecule has 1 N–H and O–H groups in total. The lowest BCUT2D eigenvalue weighted by atomic mass is 10.1. The molecular formula is C27H27NO6S. The minimum atomic E-state index is -1.05. The Kier molecular flexibility index (Phi) is 8.92. The van der Waals surface area contributed by atoms with Gasteiger partial charge in [0.1, 0.15) is 11.5 Å². The highest BCUT2D eigenvalue weighted by Gasteiger charge is 2.25. The van der Waals surface area contributed by atoms with E-state index in [0.717, 1.165) is 5.56 Å². The Labute approximate surface area is 208 Å². The van der Waals surface area contributed by atoms with Crippen LogP contribution in [0.1, 0.15) is 33.2 Å². The third kappa shape index (κ3) is 6.86. The van der Waals surface area contributed by atoms with Crippen LogP contribution in [0.15, 0.2) is 71.6 Å². The normalized spacial score (nSPS) is 11.3. The number of hydrogen-bond acceptors (Lipinski definition) is 7. The van der Waals surface area contributed by atoms with Gasteiger partial charge in [0.05, 0.1) is 31.1 Å². The van der Waals surface area contributed by atoms with Crippen LogP contribution in [0, 0.1) is 6.92 Å². The van der Waals surface area contributed by atoms with Crippen molar-refractivity contribution >= 4 is 35.1 Å². The van der Waals surface area contributed by atoms with Crippen molar-refractivity contribution < 1.29 is 28.6 Å². The van der Waals surface area contributed by atoms with Crippen LogP contribution < -0.4 is 14.8 Å². The Balaban J connectivity index is 1.65. The van der Waals surface area contributed by atoms with Crippen LogP contribution in [0.3, 0.4) is 0 Å². The second-order valence-corrected chi connectivity index (χ2v) is 8.69. The molecular weight excluding hydrogens is 466 g/mol. The largest absolute Gasteiger partial charge is 0.497 e. The van der Waals surface area contributed by atoms with Crippen LogP contribution in [0.2, 0.25) is 0 Å². The Morgan fingerprint density at radius 3 is 2.31 bits per heavy atom. The summed E-state index contributed by atoms with van der Waals surface area (Å²) in [6.07, 6.45) is -1.05. The van der Waals surface area contributed by atoms with E-state index in [-0.39, 0.29) is 22.8 Å². The zero-order chi connectivity index (χ0) is 25.4. The predicted octanol–water partition coefficient (Wildman–Crippen LogP) is 5.17. The number of thioether (sulfide) groups is 1. The molecule has 0 aliphatic rings. The Morgan fingerprint density at radius 2 is 1.63 bits per heavy atom. The van der Waals surface area contributed by atoms with Crippen molar-refractivity contribution in [3.8, 4) is 11.5 Å². The van der Waals surface area contributed by atoms with Gasteiger partial charge in [-0.3, -0.25) is 9.59 Å². The number of esters is 1. The van der Waals surface area contributed by atoms with E-state index in [0.29, 0.717) is 22.1 Å². The number of Topliss-reactive ketones (excluding diaryl/α,β-unsaturated/α-hetero) is 1. The number of carbonyl (C=O) groups is 3. The number of methoxy groups -OCH3 is 2. The van der Waals surface area contributed by atoms with E-state index in [9.17, 15) is 14.4 Å². The lowest BCUT2D eigenvalue weighted by molar-refractivity contribution is -0.113. The lowest BCUT2D eigenvalue weighted by Crippen LogP contribution is -2.25. The quantitative estimate of drug-likeness (QED) is 0.237. The number of ketones is 1. The first kappa shape index (κ1) is 25.8. The van der Waals surface area contributed by atoms with Gasteiger partial charge in [0, 0.05) is 16.6 Å². The fourth-order valence-electron chi connectivity index (χ4n) is 3.24. The molecule has 0 aliphatic heterocycles. The molecule has 7 nitrogen and oxygen atoms in total. The summed E-state index contributed by atoms with van der Waals surface area (Å²) in [5.74, 6) is -0.276. The zero-order valence-electron chi connectivity index (χ0n) is 20.0. The van der Waals surface area contributed by atoms with E-state index in [4.69, 9.17) is 14.2 Å². The van der Waals surface area contributed by atoms with Crippen molar-refractivity contribution in [2.24, 2.45) is 0 Å². The fraction of sp³-hybridized carbons (Fsp3) is 0.222. The minimum absolute atomic E-state index is 0.107. The molecule has 1 amide bonds. The van der Waals surface area contributed by atoms with Gasteiger partial charge in [0.2, 0.25) is 11.7 Å². The molecule has 0 heterocycles. The SMILES string of the molecule is COc1ccc(C(=O)[C@H](C)OC(=O)c2ccccc2SCC(=O)Nc2ccc(C)cc2)c(OC)c1. The van der Waals surface area contributed by atoms with E-state index in [1.807, 2.05) is 31.2 Å². The van der Waals surface area contributed by atoms with Crippen LogP contribution in [0.4, 0.5) is 5.69 Å². The van der Waals surface area contributed by atoms with Crippen molar-refractivity contribution in [1.82, 2.24) is 0 Å². The average Bonchev–Trinajstić information content (AvgIpc) is 2.88. The molecule has 0 radical (unpaired) electrons. The summed E-state index contributed by atoms with van der Waals surface area (Å²) in [5, 5.41) is 2.83. The first-order valence-electron chi connectivity index (χ1n) is 10.9. The summed E-state index contributed by atoms with van der Waals surface area (Å²) in [7, 11) is 2.97. The van der Waals surface area contributed by atoms with E-state index in [1.54, 1.807) is 42.5 Å². The third-order valence-corrected chi connectivity index (χ3v) is 6.20. The van der Waals surface area contributed by atoms with Crippen LogP contribution in [0.5, 0.6) is 11.5 Å². The zero-order valence-corrected chi connectivity index (χ0v) is 20.8. The molecule has 0 aliphatic carbocycles. The van der Waals surface area contributed by atoms with Crippen LogP contribution in [-0.4, -0.2) is 43.7 Å². The number of benzene rings is 3. The molecule has 0 spiro atoms. The second kappa shape index (κ2) is 12.1.